The second-order valence-electron chi connectivity index (χ2n) is 3.67. The number of halogens is 1. The predicted molar refractivity (Wildman–Crippen MR) is 55.4 cm³/mol. The molecule has 1 unspecified atom stereocenters. The van der Waals surface area contributed by atoms with Crippen LogP contribution in [-0.4, -0.2) is 16.5 Å². The van der Waals surface area contributed by atoms with Gasteiger partial charge >= 0.3 is 0 Å². The molecule has 2 rings (SSSR count). The van der Waals surface area contributed by atoms with Crippen LogP contribution >= 0.6 is 0 Å². The van der Waals surface area contributed by atoms with E-state index >= 15 is 0 Å². The molecule has 82 valence electrons. The highest BCUT2D eigenvalue weighted by molar-refractivity contribution is 5.39. The molecule has 0 saturated carbocycles. The number of nitrogens with two attached hydrogens (primary N) is 2. The monoisotopic (exact) mass is 211 g/mol. The number of aromatic nitrogens is 2. The van der Waals surface area contributed by atoms with E-state index in [1.165, 1.54) is 0 Å². The van der Waals surface area contributed by atoms with Crippen LogP contribution in [0, 0.1) is 5.82 Å². The molecule has 1 aromatic heterocycles. The van der Waals surface area contributed by atoms with Crippen molar-refractivity contribution in [3.8, 4) is 0 Å². The van der Waals surface area contributed by atoms with Gasteiger partial charge in [0.2, 0.25) is 5.95 Å². The molecule has 1 saturated heterocycles. The van der Waals surface area contributed by atoms with Gasteiger partial charge < -0.3 is 16.8 Å². The zero-order chi connectivity index (χ0) is 10.8. The number of piperidine rings is 1. The average molecular weight is 211 g/mol. The van der Waals surface area contributed by atoms with Gasteiger partial charge in [-0.25, -0.2) is 9.37 Å². The van der Waals surface area contributed by atoms with Gasteiger partial charge in [-0.15, -0.1) is 0 Å². The summed E-state index contributed by atoms with van der Waals surface area (Å²) >= 11 is 0. The summed E-state index contributed by atoms with van der Waals surface area (Å²) in [5.41, 5.74) is 11.1. The molecular formula is C9H14FN5. The Morgan fingerprint density at radius 1 is 1.27 bits per heavy atom. The van der Waals surface area contributed by atoms with Crippen molar-refractivity contribution in [2.75, 3.05) is 18.0 Å². The summed E-state index contributed by atoms with van der Waals surface area (Å²) in [6, 6.07) is -0.0913. The third-order valence-corrected chi connectivity index (χ3v) is 2.56. The van der Waals surface area contributed by atoms with Gasteiger partial charge in [0.05, 0.1) is 6.04 Å². The second-order valence-corrected chi connectivity index (χ2v) is 3.67. The Balaban J connectivity index is 2.33. The summed E-state index contributed by atoms with van der Waals surface area (Å²) < 4.78 is 13.6. The van der Waals surface area contributed by atoms with Crippen LogP contribution in [0.5, 0.6) is 0 Å². The Morgan fingerprint density at radius 3 is 2.73 bits per heavy atom. The second kappa shape index (κ2) is 3.98. The van der Waals surface area contributed by atoms with Crippen molar-refractivity contribution in [2.45, 2.75) is 25.3 Å². The van der Waals surface area contributed by atoms with Crippen LogP contribution in [0.2, 0.25) is 0 Å². The molecule has 0 aromatic carbocycles. The largest absolute Gasteiger partial charge is 0.381 e. The Morgan fingerprint density at radius 2 is 2.07 bits per heavy atom. The minimum atomic E-state index is -0.552. The van der Waals surface area contributed by atoms with Gasteiger partial charge in [0, 0.05) is 0 Å². The molecule has 1 aliphatic heterocycles. The number of rotatable bonds is 1. The van der Waals surface area contributed by atoms with Crippen molar-refractivity contribution in [1.82, 2.24) is 15.3 Å². The van der Waals surface area contributed by atoms with Crippen molar-refractivity contribution in [2.24, 2.45) is 0 Å². The number of nitrogens with zero attached hydrogens (tertiary/aromatic N) is 2. The molecule has 1 aromatic rings. The van der Waals surface area contributed by atoms with Gasteiger partial charge in [0.15, 0.2) is 11.6 Å². The van der Waals surface area contributed by atoms with Gasteiger partial charge in [-0.05, 0) is 19.4 Å². The molecule has 5 N–H and O–H groups in total. The third kappa shape index (κ3) is 1.99. The zero-order valence-corrected chi connectivity index (χ0v) is 8.33. The Labute approximate surface area is 87.1 Å². The summed E-state index contributed by atoms with van der Waals surface area (Å²) in [5, 5.41) is 3.19. The first-order chi connectivity index (χ1) is 7.18. The van der Waals surface area contributed by atoms with Gasteiger partial charge in [-0.1, -0.05) is 6.42 Å². The van der Waals surface area contributed by atoms with Crippen LogP contribution in [0.15, 0.2) is 0 Å². The molecule has 0 spiro atoms. The fourth-order valence-electron chi connectivity index (χ4n) is 1.82. The number of nitrogens with one attached hydrogen (secondary N) is 1. The summed E-state index contributed by atoms with van der Waals surface area (Å²) in [6.45, 7) is 0.869. The van der Waals surface area contributed by atoms with Gasteiger partial charge in [-0.2, -0.15) is 4.98 Å². The molecule has 0 amide bonds. The Kier molecular flexibility index (Phi) is 2.68. The van der Waals surface area contributed by atoms with E-state index < -0.39 is 5.82 Å². The standard InChI is InChI=1S/C9H14FN5/c10-6-7(5-3-1-2-4-13-5)14-9(12)15-8(6)11/h5,13H,1-4H2,(H4,11,12,14,15). The van der Waals surface area contributed by atoms with Crippen LogP contribution < -0.4 is 16.8 Å². The minimum absolute atomic E-state index is 0.0243. The molecule has 6 heteroatoms. The van der Waals surface area contributed by atoms with E-state index in [1.807, 2.05) is 0 Å². The first-order valence-electron chi connectivity index (χ1n) is 5.00. The van der Waals surface area contributed by atoms with Gasteiger partial charge in [0.25, 0.3) is 0 Å². The molecule has 0 bridgehead atoms. The van der Waals surface area contributed by atoms with Crippen molar-refractivity contribution < 1.29 is 4.39 Å². The summed E-state index contributed by atoms with van der Waals surface area (Å²) in [4.78, 5) is 7.48. The SMILES string of the molecule is Nc1nc(N)c(F)c(C2CCCCN2)n1. The van der Waals surface area contributed by atoms with E-state index in [0.717, 1.165) is 25.8 Å². The normalized spacial score (nSPS) is 21.5. The Bertz CT molecular complexity index is 362. The molecule has 1 aliphatic rings. The molecule has 2 heterocycles. The van der Waals surface area contributed by atoms with E-state index in [-0.39, 0.29) is 17.8 Å². The topological polar surface area (TPSA) is 89.8 Å². The molecule has 1 fully saturated rings. The molecule has 5 nitrogen and oxygen atoms in total. The van der Waals surface area contributed by atoms with Crippen molar-refractivity contribution in [3.63, 3.8) is 0 Å². The molecule has 0 radical (unpaired) electrons. The first-order valence-corrected chi connectivity index (χ1v) is 5.00. The number of hydrogen-bond acceptors (Lipinski definition) is 5. The highest BCUT2D eigenvalue weighted by atomic mass is 19.1. The summed E-state index contributed by atoms with van der Waals surface area (Å²) in [6.07, 6.45) is 3.02. The first kappa shape index (κ1) is 10.1. The maximum absolute atomic E-state index is 13.6. The lowest BCUT2D eigenvalue weighted by molar-refractivity contribution is 0.391. The summed E-state index contributed by atoms with van der Waals surface area (Å²) in [7, 11) is 0. The van der Waals surface area contributed by atoms with E-state index in [2.05, 4.69) is 15.3 Å². The highest BCUT2D eigenvalue weighted by Gasteiger charge is 2.22. The van der Waals surface area contributed by atoms with Crippen LogP contribution in [0.1, 0.15) is 31.0 Å². The highest BCUT2D eigenvalue weighted by Crippen LogP contribution is 2.25. The fourth-order valence-corrected chi connectivity index (χ4v) is 1.82. The maximum atomic E-state index is 13.6. The van der Waals surface area contributed by atoms with Crippen LogP contribution in [0.3, 0.4) is 0 Å². The minimum Gasteiger partial charge on any atom is -0.381 e. The van der Waals surface area contributed by atoms with E-state index in [9.17, 15) is 4.39 Å². The lowest BCUT2D eigenvalue weighted by atomic mass is 10.0. The molecular weight excluding hydrogens is 197 g/mol. The van der Waals surface area contributed by atoms with Gasteiger partial charge in [0.1, 0.15) is 5.69 Å². The average Bonchev–Trinajstić information content (AvgIpc) is 2.24. The number of nitrogen functional groups attached to an aromatic ring is 2. The van der Waals surface area contributed by atoms with Crippen molar-refractivity contribution >= 4 is 11.8 Å². The van der Waals surface area contributed by atoms with E-state index in [4.69, 9.17) is 11.5 Å². The smallest absolute Gasteiger partial charge is 0.222 e. The zero-order valence-electron chi connectivity index (χ0n) is 8.33. The van der Waals surface area contributed by atoms with Crippen LogP contribution in [-0.2, 0) is 0 Å². The van der Waals surface area contributed by atoms with Crippen molar-refractivity contribution in [3.05, 3.63) is 11.5 Å². The quantitative estimate of drug-likeness (QED) is 0.632. The van der Waals surface area contributed by atoms with Crippen LogP contribution in [0.4, 0.5) is 16.2 Å². The Hall–Kier alpha value is -1.43. The maximum Gasteiger partial charge on any atom is 0.222 e. The van der Waals surface area contributed by atoms with Crippen LogP contribution in [0.25, 0.3) is 0 Å². The lowest BCUT2D eigenvalue weighted by Crippen LogP contribution is -2.29. The molecule has 1 atom stereocenters. The lowest BCUT2D eigenvalue weighted by Gasteiger charge is -2.23. The number of hydrogen-bond donors (Lipinski definition) is 3. The number of anilines is 2. The molecule has 0 aliphatic carbocycles. The molecule has 15 heavy (non-hydrogen) atoms. The third-order valence-electron chi connectivity index (χ3n) is 2.56. The fraction of sp³-hybridized carbons (Fsp3) is 0.556. The summed E-state index contributed by atoms with van der Waals surface area (Å²) in [5.74, 6) is -0.704. The predicted octanol–water partition coefficient (Wildman–Crippen LogP) is 0.595. The van der Waals surface area contributed by atoms with Gasteiger partial charge in [-0.3, -0.25) is 0 Å². The van der Waals surface area contributed by atoms with E-state index in [1.54, 1.807) is 0 Å². The van der Waals surface area contributed by atoms with Crippen molar-refractivity contribution in [1.29, 1.82) is 0 Å². The van der Waals surface area contributed by atoms with E-state index in [0.29, 0.717) is 5.69 Å².